The first-order valence-corrected chi connectivity index (χ1v) is 4.80. The highest BCUT2D eigenvalue weighted by atomic mass is 35.5. The zero-order valence-electron chi connectivity index (χ0n) is 9.76. The monoisotopic (exact) mass is 299 g/mol. The van der Waals surface area contributed by atoms with E-state index < -0.39 is 5.82 Å². The lowest BCUT2D eigenvalue weighted by Gasteiger charge is -2.12. The van der Waals surface area contributed by atoms with Crippen molar-refractivity contribution in [2.75, 3.05) is 19.0 Å². The number of hydrogen-bond donors (Lipinski definition) is 2. The Labute approximate surface area is 117 Å². The molecule has 0 aromatic carbocycles. The van der Waals surface area contributed by atoms with Crippen LogP contribution in [0.25, 0.3) is 0 Å². The molecule has 1 unspecified atom stereocenters. The molecule has 0 saturated heterocycles. The quantitative estimate of drug-likeness (QED) is 0.861. The minimum Gasteiger partial charge on any atom is -0.380 e. The van der Waals surface area contributed by atoms with Crippen molar-refractivity contribution in [3.05, 3.63) is 24.1 Å². The van der Waals surface area contributed by atoms with Gasteiger partial charge in [0.15, 0.2) is 0 Å². The minimum atomic E-state index is -0.449. The van der Waals surface area contributed by atoms with Crippen LogP contribution in [0.15, 0.2) is 18.3 Å². The van der Waals surface area contributed by atoms with Gasteiger partial charge < -0.3 is 15.8 Å². The maximum atomic E-state index is 12.5. The van der Waals surface area contributed by atoms with Crippen LogP contribution >= 0.6 is 24.8 Å². The number of ether oxygens (including phenoxy) is 1. The van der Waals surface area contributed by atoms with Crippen molar-refractivity contribution >= 4 is 36.5 Å². The van der Waals surface area contributed by atoms with Gasteiger partial charge in [0.1, 0.15) is 11.6 Å². The Morgan fingerprint density at radius 2 is 2.22 bits per heavy atom. The highest BCUT2D eigenvalue weighted by Gasteiger charge is 2.11. The topological polar surface area (TPSA) is 77.2 Å². The first kappa shape index (κ1) is 19.4. The normalized spacial score (nSPS) is 10.8. The van der Waals surface area contributed by atoms with Gasteiger partial charge in [-0.15, -0.1) is 24.8 Å². The van der Waals surface area contributed by atoms with Gasteiger partial charge >= 0.3 is 0 Å². The third kappa shape index (κ3) is 6.70. The number of carbonyl (C=O) groups excluding carboxylic acids is 1. The summed E-state index contributed by atoms with van der Waals surface area (Å²) in [6.07, 6.45) is 0.860. The molecule has 0 aliphatic carbocycles. The van der Waals surface area contributed by atoms with Crippen LogP contribution in [-0.2, 0) is 9.53 Å². The number of nitrogens with one attached hydrogen (secondary N) is 1. The lowest BCUT2D eigenvalue weighted by atomic mass is 10.2. The van der Waals surface area contributed by atoms with Crippen LogP contribution in [0.1, 0.15) is 6.42 Å². The maximum absolute atomic E-state index is 12.5. The Hall–Kier alpha value is -0.950. The molecule has 0 fully saturated rings. The van der Waals surface area contributed by atoms with Crippen LogP contribution in [-0.4, -0.2) is 30.6 Å². The molecule has 1 amide bonds. The summed E-state index contributed by atoms with van der Waals surface area (Å²) in [5.41, 5.74) is 5.37. The Kier molecular flexibility index (Phi) is 10.8. The molecule has 0 aliphatic rings. The van der Waals surface area contributed by atoms with Gasteiger partial charge in [-0.2, -0.15) is 0 Å². The predicted octanol–water partition coefficient (Wildman–Crippen LogP) is 1.37. The standard InChI is InChI=1S/C10H14FN3O2.2ClH/c1-16-8(5-12)4-10(15)14-9-3-2-7(11)6-13-9;;/h2-3,6,8H,4-5,12H2,1H3,(H,13,14,15);2*1H. The number of anilines is 1. The Bertz CT molecular complexity index is 347. The van der Waals surface area contributed by atoms with E-state index in [0.717, 1.165) is 6.20 Å². The summed E-state index contributed by atoms with van der Waals surface area (Å²) < 4.78 is 17.5. The SMILES string of the molecule is COC(CN)CC(=O)Nc1ccc(F)cn1.Cl.Cl. The Balaban J connectivity index is 0. The van der Waals surface area contributed by atoms with Crippen molar-refractivity contribution in [2.45, 2.75) is 12.5 Å². The van der Waals surface area contributed by atoms with Gasteiger partial charge in [0.05, 0.1) is 18.7 Å². The lowest BCUT2D eigenvalue weighted by Crippen LogP contribution is -2.28. The second-order valence-electron chi connectivity index (χ2n) is 3.21. The third-order valence-corrected chi connectivity index (χ3v) is 2.00. The molecule has 1 rings (SSSR count). The highest BCUT2D eigenvalue weighted by Crippen LogP contribution is 2.05. The summed E-state index contributed by atoms with van der Waals surface area (Å²) in [6.45, 7) is 0.265. The van der Waals surface area contributed by atoms with E-state index in [1.165, 1.54) is 19.2 Å². The maximum Gasteiger partial charge on any atom is 0.228 e. The van der Waals surface area contributed by atoms with Crippen molar-refractivity contribution in [3.63, 3.8) is 0 Å². The van der Waals surface area contributed by atoms with Crippen molar-refractivity contribution in [3.8, 4) is 0 Å². The van der Waals surface area contributed by atoms with Gasteiger partial charge in [-0.1, -0.05) is 0 Å². The van der Waals surface area contributed by atoms with Crippen molar-refractivity contribution in [1.82, 2.24) is 4.98 Å². The molecule has 0 bridgehead atoms. The summed E-state index contributed by atoms with van der Waals surface area (Å²) in [7, 11) is 1.49. The smallest absolute Gasteiger partial charge is 0.228 e. The molecule has 0 aliphatic heterocycles. The fraction of sp³-hybridized carbons (Fsp3) is 0.400. The molecule has 1 heterocycles. The number of amides is 1. The van der Waals surface area contributed by atoms with E-state index in [1.54, 1.807) is 0 Å². The summed E-state index contributed by atoms with van der Waals surface area (Å²) in [5, 5.41) is 2.52. The van der Waals surface area contributed by atoms with Crippen LogP contribution in [0.4, 0.5) is 10.2 Å². The molecule has 3 N–H and O–H groups in total. The van der Waals surface area contributed by atoms with E-state index in [9.17, 15) is 9.18 Å². The summed E-state index contributed by atoms with van der Waals surface area (Å²) in [6, 6.07) is 2.61. The molecule has 8 heteroatoms. The number of nitrogens with zero attached hydrogens (tertiary/aromatic N) is 1. The van der Waals surface area contributed by atoms with Gasteiger partial charge in [0, 0.05) is 13.7 Å². The molecule has 0 spiro atoms. The Morgan fingerprint density at radius 1 is 1.56 bits per heavy atom. The summed E-state index contributed by atoms with van der Waals surface area (Å²) in [5.74, 6) is -0.413. The molecule has 1 aromatic rings. The number of nitrogens with two attached hydrogens (primary N) is 1. The number of hydrogen-bond acceptors (Lipinski definition) is 4. The van der Waals surface area contributed by atoms with Crippen LogP contribution in [0, 0.1) is 5.82 Å². The van der Waals surface area contributed by atoms with Gasteiger partial charge in [-0.25, -0.2) is 9.37 Å². The lowest BCUT2D eigenvalue weighted by molar-refractivity contribution is -0.118. The molecule has 5 nitrogen and oxygen atoms in total. The molecular formula is C10H16Cl2FN3O2. The van der Waals surface area contributed by atoms with Gasteiger partial charge in [-0.3, -0.25) is 4.79 Å². The number of aromatic nitrogens is 1. The predicted molar refractivity (Wildman–Crippen MR) is 71.8 cm³/mol. The first-order valence-electron chi connectivity index (χ1n) is 4.80. The molecule has 104 valence electrons. The fourth-order valence-corrected chi connectivity index (χ4v) is 1.11. The molecular weight excluding hydrogens is 284 g/mol. The number of rotatable bonds is 5. The largest absolute Gasteiger partial charge is 0.380 e. The first-order chi connectivity index (χ1) is 7.65. The average molecular weight is 300 g/mol. The van der Waals surface area contributed by atoms with Crippen molar-refractivity contribution in [1.29, 1.82) is 0 Å². The summed E-state index contributed by atoms with van der Waals surface area (Å²) in [4.78, 5) is 15.1. The summed E-state index contributed by atoms with van der Waals surface area (Å²) >= 11 is 0. The zero-order chi connectivity index (χ0) is 12.0. The highest BCUT2D eigenvalue weighted by molar-refractivity contribution is 5.90. The van der Waals surface area contributed by atoms with Gasteiger partial charge in [0.25, 0.3) is 0 Å². The molecule has 0 radical (unpaired) electrons. The second kappa shape index (κ2) is 10.0. The number of carbonyl (C=O) groups is 1. The van der Waals surface area contributed by atoms with E-state index in [2.05, 4.69) is 10.3 Å². The van der Waals surface area contributed by atoms with Crippen molar-refractivity contribution < 1.29 is 13.9 Å². The zero-order valence-corrected chi connectivity index (χ0v) is 11.4. The molecule has 18 heavy (non-hydrogen) atoms. The van der Waals surface area contributed by atoms with E-state index in [1.807, 2.05) is 0 Å². The van der Waals surface area contributed by atoms with Gasteiger partial charge in [0.2, 0.25) is 5.91 Å². The average Bonchev–Trinajstić information content (AvgIpc) is 2.29. The van der Waals surface area contributed by atoms with Gasteiger partial charge in [-0.05, 0) is 12.1 Å². The molecule has 0 saturated carbocycles. The van der Waals surface area contributed by atoms with Crippen LogP contribution in [0.2, 0.25) is 0 Å². The van der Waals surface area contributed by atoms with E-state index in [0.29, 0.717) is 5.82 Å². The molecule has 1 atom stereocenters. The molecule has 1 aromatic heterocycles. The second-order valence-corrected chi connectivity index (χ2v) is 3.21. The van der Waals surface area contributed by atoms with E-state index in [-0.39, 0.29) is 49.8 Å². The minimum absolute atomic E-state index is 0. The Morgan fingerprint density at radius 3 is 2.67 bits per heavy atom. The third-order valence-electron chi connectivity index (χ3n) is 2.00. The fourth-order valence-electron chi connectivity index (χ4n) is 1.11. The van der Waals surface area contributed by atoms with E-state index in [4.69, 9.17) is 10.5 Å². The van der Waals surface area contributed by atoms with Crippen LogP contribution in [0.5, 0.6) is 0 Å². The van der Waals surface area contributed by atoms with E-state index >= 15 is 0 Å². The number of halogens is 3. The number of methoxy groups -OCH3 is 1. The van der Waals surface area contributed by atoms with Crippen LogP contribution < -0.4 is 11.1 Å². The van der Waals surface area contributed by atoms with Crippen LogP contribution in [0.3, 0.4) is 0 Å². The van der Waals surface area contributed by atoms with Crippen molar-refractivity contribution in [2.24, 2.45) is 5.73 Å². The number of pyridine rings is 1.